The van der Waals surface area contributed by atoms with E-state index in [0.717, 1.165) is 22.9 Å². The molecule has 0 unspecified atom stereocenters. The fourth-order valence-corrected chi connectivity index (χ4v) is 3.54. The summed E-state index contributed by atoms with van der Waals surface area (Å²) in [5, 5.41) is 5.81. The molecule has 5 rings (SSSR count). The second kappa shape index (κ2) is 8.58. The predicted molar refractivity (Wildman–Crippen MR) is 119 cm³/mol. The van der Waals surface area contributed by atoms with Crippen LogP contribution in [0.25, 0.3) is 22.1 Å². The lowest BCUT2D eigenvalue weighted by molar-refractivity contribution is -0.137. The van der Waals surface area contributed by atoms with E-state index < -0.39 is 23.8 Å². The number of ether oxygens (including phenoxy) is 2. The number of benzene rings is 3. The van der Waals surface area contributed by atoms with Gasteiger partial charge >= 0.3 is 6.18 Å². The molecule has 0 spiro atoms. The number of nitrogens with zero attached hydrogens (tertiary/aromatic N) is 1. The monoisotopic (exact) mass is 466 g/mol. The Labute approximate surface area is 191 Å². The molecule has 1 atom stereocenters. The molecule has 6 nitrogen and oxygen atoms in total. The van der Waals surface area contributed by atoms with Crippen LogP contribution in [-0.2, 0) is 11.0 Å². The summed E-state index contributed by atoms with van der Waals surface area (Å²) < 4.78 is 55.8. The maximum absolute atomic E-state index is 12.9. The van der Waals surface area contributed by atoms with E-state index in [1.54, 1.807) is 0 Å². The minimum Gasteiger partial charge on any atom is -0.485 e. The van der Waals surface area contributed by atoms with Gasteiger partial charge in [-0.15, -0.1) is 0 Å². The predicted octanol–water partition coefficient (Wildman–Crippen LogP) is 5.41. The van der Waals surface area contributed by atoms with Gasteiger partial charge in [0, 0.05) is 5.56 Å². The summed E-state index contributed by atoms with van der Waals surface area (Å²) in [4.78, 5) is 12.5. The van der Waals surface area contributed by atoms with Crippen LogP contribution >= 0.6 is 0 Å². The van der Waals surface area contributed by atoms with Crippen LogP contribution in [0.3, 0.4) is 0 Å². The first kappa shape index (κ1) is 21.6. The van der Waals surface area contributed by atoms with Crippen molar-refractivity contribution < 1.29 is 31.9 Å². The number of amides is 1. The van der Waals surface area contributed by atoms with Gasteiger partial charge in [-0.2, -0.15) is 18.3 Å². The van der Waals surface area contributed by atoms with Crippen molar-refractivity contribution in [1.82, 2.24) is 5.43 Å². The second-order valence-corrected chi connectivity index (χ2v) is 7.58. The lowest BCUT2D eigenvalue weighted by Gasteiger charge is -2.25. The zero-order valence-corrected chi connectivity index (χ0v) is 17.5. The summed E-state index contributed by atoms with van der Waals surface area (Å²) in [6.07, 6.45) is -4.10. The number of rotatable bonds is 4. The van der Waals surface area contributed by atoms with E-state index in [9.17, 15) is 18.0 Å². The smallest absolute Gasteiger partial charge is 0.416 e. The number of carbonyl (C=O) groups is 1. The highest BCUT2D eigenvalue weighted by atomic mass is 19.4. The Bertz CT molecular complexity index is 1390. The van der Waals surface area contributed by atoms with Gasteiger partial charge in [0.25, 0.3) is 5.91 Å². The van der Waals surface area contributed by atoms with Crippen LogP contribution in [0.2, 0.25) is 0 Å². The highest BCUT2D eigenvalue weighted by molar-refractivity contribution is 5.87. The molecule has 0 aliphatic carbocycles. The van der Waals surface area contributed by atoms with Crippen molar-refractivity contribution in [2.75, 3.05) is 6.61 Å². The van der Waals surface area contributed by atoms with E-state index in [0.29, 0.717) is 11.5 Å². The summed E-state index contributed by atoms with van der Waals surface area (Å²) in [5.41, 5.74) is 1.87. The second-order valence-electron chi connectivity index (χ2n) is 7.58. The number of carbonyl (C=O) groups excluding carboxylic acids is 1. The highest BCUT2D eigenvalue weighted by Gasteiger charge is 2.31. The van der Waals surface area contributed by atoms with Crippen LogP contribution in [0.5, 0.6) is 11.5 Å². The number of fused-ring (bicyclic) bond motifs is 2. The summed E-state index contributed by atoms with van der Waals surface area (Å²) >= 11 is 0. The van der Waals surface area contributed by atoms with E-state index in [1.165, 1.54) is 30.5 Å². The lowest BCUT2D eigenvalue weighted by Crippen LogP contribution is -2.42. The van der Waals surface area contributed by atoms with Gasteiger partial charge in [0.1, 0.15) is 18.1 Å². The van der Waals surface area contributed by atoms with E-state index >= 15 is 0 Å². The number of hydrazone groups is 1. The minimum atomic E-state index is -4.45. The van der Waals surface area contributed by atoms with Gasteiger partial charge in [-0.3, -0.25) is 4.79 Å². The van der Waals surface area contributed by atoms with E-state index in [1.807, 2.05) is 36.4 Å². The van der Waals surface area contributed by atoms with Crippen LogP contribution in [0.1, 0.15) is 11.3 Å². The minimum absolute atomic E-state index is 0.0210. The van der Waals surface area contributed by atoms with Gasteiger partial charge in [-0.1, -0.05) is 36.4 Å². The van der Waals surface area contributed by atoms with Gasteiger partial charge in [-0.05, 0) is 47.2 Å². The quantitative estimate of drug-likeness (QED) is 0.323. The molecule has 2 heterocycles. The third-order valence-electron chi connectivity index (χ3n) is 5.23. The summed E-state index contributed by atoms with van der Waals surface area (Å²) in [5.74, 6) is 1.01. The van der Waals surface area contributed by atoms with Crippen LogP contribution in [-0.4, -0.2) is 24.8 Å². The average molecular weight is 466 g/mol. The van der Waals surface area contributed by atoms with Gasteiger partial charge in [0.05, 0.1) is 11.8 Å². The molecular formula is C25H17F3N2O4. The number of alkyl halides is 3. The van der Waals surface area contributed by atoms with Crippen molar-refractivity contribution in [2.45, 2.75) is 12.3 Å². The Kier molecular flexibility index (Phi) is 5.45. The molecule has 1 aliphatic heterocycles. The summed E-state index contributed by atoms with van der Waals surface area (Å²) in [6, 6.07) is 19.3. The molecule has 0 radical (unpaired) electrons. The summed E-state index contributed by atoms with van der Waals surface area (Å²) in [6.45, 7) is 0.0210. The Hall–Kier alpha value is -4.27. The van der Waals surface area contributed by atoms with Crippen molar-refractivity contribution in [3.63, 3.8) is 0 Å². The molecule has 1 aliphatic rings. The maximum atomic E-state index is 12.9. The average Bonchev–Trinajstić information content (AvgIpc) is 3.31. The van der Waals surface area contributed by atoms with Gasteiger partial charge in [0.2, 0.25) is 6.10 Å². The van der Waals surface area contributed by atoms with Gasteiger partial charge in [-0.25, -0.2) is 5.43 Å². The Morgan fingerprint density at radius 2 is 1.74 bits per heavy atom. The van der Waals surface area contributed by atoms with E-state index in [-0.39, 0.29) is 23.7 Å². The Balaban J connectivity index is 1.23. The first-order valence-electron chi connectivity index (χ1n) is 10.3. The molecule has 4 aromatic rings. The zero-order valence-electron chi connectivity index (χ0n) is 17.5. The van der Waals surface area contributed by atoms with Gasteiger partial charge in [0.15, 0.2) is 11.5 Å². The van der Waals surface area contributed by atoms with Crippen molar-refractivity contribution >= 4 is 22.9 Å². The lowest BCUT2D eigenvalue weighted by atomic mass is 10.1. The SMILES string of the molecule is O=C(N/N=C/c1ccc(-c2cccc(C(F)(F)F)c2)o1)[C@@H]1COc2cc3ccccc3cc2O1. The normalized spacial score (nSPS) is 15.6. The third-order valence-corrected chi connectivity index (χ3v) is 5.23. The molecule has 172 valence electrons. The number of hydrogen-bond donors (Lipinski definition) is 1. The molecule has 0 saturated carbocycles. The van der Waals surface area contributed by atoms with E-state index in [2.05, 4.69) is 10.5 Å². The number of hydrogen-bond acceptors (Lipinski definition) is 5. The molecule has 1 aromatic heterocycles. The molecule has 34 heavy (non-hydrogen) atoms. The molecule has 0 fully saturated rings. The van der Waals surface area contributed by atoms with Crippen LogP contribution in [0.15, 0.2) is 82.3 Å². The Morgan fingerprint density at radius 1 is 0.971 bits per heavy atom. The third kappa shape index (κ3) is 4.45. The van der Waals surface area contributed by atoms with Crippen molar-refractivity contribution in [3.8, 4) is 22.8 Å². The number of halogens is 3. The van der Waals surface area contributed by atoms with Gasteiger partial charge < -0.3 is 13.9 Å². The molecule has 9 heteroatoms. The topological polar surface area (TPSA) is 73.1 Å². The summed E-state index contributed by atoms with van der Waals surface area (Å²) in [7, 11) is 0. The van der Waals surface area contributed by atoms with E-state index in [4.69, 9.17) is 13.9 Å². The molecule has 0 bridgehead atoms. The fourth-order valence-electron chi connectivity index (χ4n) is 3.54. The first-order valence-corrected chi connectivity index (χ1v) is 10.3. The first-order chi connectivity index (χ1) is 16.4. The maximum Gasteiger partial charge on any atom is 0.416 e. The molecule has 1 N–H and O–H groups in total. The van der Waals surface area contributed by atoms with Crippen LogP contribution in [0, 0.1) is 0 Å². The fraction of sp³-hybridized carbons (Fsp3) is 0.120. The molecular weight excluding hydrogens is 449 g/mol. The molecule has 1 amide bonds. The van der Waals surface area contributed by atoms with Crippen molar-refractivity contribution in [3.05, 3.63) is 84.1 Å². The van der Waals surface area contributed by atoms with Crippen molar-refractivity contribution in [2.24, 2.45) is 5.10 Å². The molecule has 3 aromatic carbocycles. The van der Waals surface area contributed by atoms with Crippen molar-refractivity contribution in [1.29, 1.82) is 0 Å². The standard InChI is InChI=1S/C25H17F3N2O4/c26-25(27,28)18-7-3-6-17(10-18)20-9-8-19(33-20)13-29-30-24(31)23-14-32-21-11-15-4-1-2-5-16(15)12-22(21)34-23/h1-13,23H,14H2,(H,30,31)/b29-13+/t23-/m0/s1. The number of nitrogens with one attached hydrogen (secondary N) is 1. The highest BCUT2D eigenvalue weighted by Crippen LogP contribution is 2.36. The van der Waals surface area contributed by atoms with Crippen LogP contribution in [0.4, 0.5) is 13.2 Å². The molecule has 0 saturated heterocycles. The Morgan fingerprint density at radius 3 is 2.50 bits per heavy atom. The van der Waals surface area contributed by atoms with Crippen LogP contribution < -0.4 is 14.9 Å². The largest absolute Gasteiger partial charge is 0.485 e. The zero-order chi connectivity index (χ0) is 23.7. The number of furan rings is 1.